The first-order valence-corrected chi connectivity index (χ1v) is 7.74. The van der Waals surface area contributed by atoms with Crippen LogP contribution in [-0.4, -0.2) is 18.5 Å². The second-order valence-corrected chi connectivity index (χ2v) is 5.80. The summed E-state index contributed by atoms with van der Waals surface area (Å²) in [6.07, 6.45) is 6.14. The molecule has 0 fully saturated rings. The Bertz CT molecular complexity index is 447. The van der Waals surface area contributed by atoms with Gasteiger partial charge in [-0.15, -0.1) is 0 Å². The highest BCUT2D eigenvalue weighted by Crippen LogP contribution is 2.24. The van der Waals surface area contributed by atoms with E-state index >= 15 is 0 Å². The molecule has 0 aliphatic heterocycles. The molecule has 0 radical (unpaired) electrons. The van der Waals surface area contributed by atoms with E-state index in [4.69, 9.17) is 0 Å². The van der Waals surface area contributed by atoms with Gasteiger partial charge < -0.3 is 10.6 Å². The number of nitro benzene ring substituents is 1. The average molecular weight is 293 g/mol. The molecule has 0 bridgehead atoms. The third-order valence-electron chi connectivity index (χ3n) is 3.45. The molecule has 1 rings (SSSR count). The molecule has 21 heavy (non-hydrogen) atoms. The fraction of sp³-hybridized carbons (Fsp3) is 0.625. The fourth-order valence-electron chi connectivity index (χ4n) is 2.23. The molecule has 5 heteroatoms. The zero-order valence-electron chi connectivity index (χ0n) is 13.3. The van der Waals surface area contributed by atoms with E-state index in [1.165, 1.54) is 31.7 Å². The fourth-order valence-corrected chi connectivity index (χ4v) is 2.23. The van der Waals surface area contributed by atoms with Gasteiger partial charge in [-0.25, -0.2) is 0 Å². The summed E-state index contributed by atoms with van der Waals surface area (Å²) in [5.74, 6) is 0.785. The van der Waals surface area contributed by atoms with Gasteiger partial charge in [-0.1, -0.05) is 39.5 Å². The number of nitro groups is 1. The quantitative estimate of drug-likeness (QED) is 0.374. The summed E-state index contributed by atoms with van der Waals surface area (Å²) in [4.78, 5) is 10.5. The lowest BCUT2D eigenvalue weighted by Gasteiger charge is -2.09. The van der Waals surface area contributed by atoms with Crippen LogP contribution < -0.4 is 10.6 Å². The zero-order chi connectivity index (χ0) is 15.7. The number of non-ortho nitro benzene ring substituents is 1. The van der Waals surface area contributed by atoms with Gasteiger partial charge in [0.25, 0.3) is 5.69 Å². The van der Waals surface area contributed by atoms with Gasteiger partial charge in [-0.2, -0.15) is 0 Å². The molecule has 0 aliphatic carbocycles. The minimum absolute atomic E-state index is 0.112. The molecular formula is C16H27N3O2. The molecule has 0 unspecified atom stereocenters. The summed E-state index contributed by atoms with van der Waals surface area (Å²) in [7, 11) is 1.76. The Hall–Kier alpha value is -1.78. The van der Waals surface area contributed by atoms with Crippen LogP contribution in [0.25, 0.3) is 0 Å². The molecule has 0 atom stereocenters. The SMILES string of the molecule is CNc1cc(NCCCCCCC(C)C)cc([N+](=O)[O-])c1. The van der Waals surface area contributed by atoms with Crippen LogP contribution in [0.5, 0.6) is 0 Å². The molecule has 1 aromatic rings. The van der Waals surface area contributed by atoms with E-state index in [1.54, 1.807) is 13.1 Å². The molecule has 2 N–H and O–H groups in total. The van der Waals surface area contributed by atoms with E-state index in [2.05, 4.69) is 24.5 Å². The van der Waals surface area contributed by atoms with Crippen molar-refractivity contribution in [3.05, 3.63) is 28.3 Å². The lowest BCUT2D eigenvalue weighted by Crippen LogP contribution is -2.03. The van der Waals surface area contributed by atoms with E-state index in [0.717, 1.165) is 30.3 Å². The largest absolute Gasteiger partial charge is 0.388 e. The second-order valence-electron chi connectivity index (χ2n) is 5.80. The predicted molar refractivity (Wildman–Crippen MR) is 89.1 cm³/mol. The minimum atomic E-state index is -0.363. The smallest absolute Gasteiger partial charge is 0.273 e. The van der Waals surface area contributed by atoms with Crippen molar-refractivity contribution in [1.29, 1.82) is 0 Å². The number of nitrogens with one attached hydrogen (secondary N) is 2. The maximum absolute atomic E-state index is 10.9. The van der Waals surface area contributed by atoms with Crippen LogP contribution in [0.15, 0.2) is 18.2 Å². The topological polar surface area (TPSA) is 67.2 Å². The summed E-state index contributed by atoms with van der Waals surface area (Å²) in [6.45, 7) is 5.36. The molecule has 0 spiro atoms. The van der Waals surface area contributed by atoms with Crippen LogP contribution in [0.1, 0.15) is 46.0 Å². The maximum atomic E-state index is 10.9. The van der Waals surface area contributed by atoms with E-state index in [-0.39, 0.29) is 10.6 Å². The zero-order valence-corrected chi connectivity index (χ0v) is 13.3. The predicted octanol–water partition coefficient (Wildman–Crippen LogP) is 4.65. The second kappa shape index (κ2) is 9.21. The molecule has 0 saturated heterocycles. The highest BCUT2D eigenvalue weighted by molar-refractivity contribution is 5.63. The highest BCUT2D eigenvalue weighted by atomic mass is 16.6. The molecule has 0 aliphatic rings. The number of hydrogen-bond donors (Lipinski definition) is 2. The van der Waals surface area contributed by atoms with Crippen molar-refractivity contribution in [2.75, 3.05) is 24.2 Å². The molecule has 0 saturated carbocycles. The van der Waals surface area contributed by atoms with E-state index in [9.17, 15) is 10.1 Å². The number of unbranched alkanes of at least 4 members (excludes halogenated alkanes) is 3. The lowest BCUT2D eigenvalue weighted by atomic mass is 10.0. The van der Waals surface area contributed by atoms with Crippen LogP contribution >= 0.6 is 0 Å². The van der Waals surface area contributed by atoms with Gasteiger partial charge >= 0.3 is 0 Å². The molecule has 5 nitrogen and oxygen atoms in total. The van der Waals surface area contributed by atoms with E-state index in [1.807, 2.05) is 6.07 Å². The number of rotatable bonds is 10. The van der Waals surface area contributed by atoms with Gasteiger partial charge in [0.2, 0.25) is 0 Å². The monoisotopic (exact) mass is 293 g/mol. The van der Waals surface area contributed by atoms with Crippen molar-refractivity contribution in [3.63, 3.8) is 0 Å². The minimum Gasteiger partial charge on any atom is -0.388 e. The molecular weight excluding hydrogens is 266 g/mol. The number of nitrogens with zero attached hydrogens (tertiary/aromatic N) is 1. The first-order valence-electron chi connectivity index (χ1n) is 7.74. The third-order valence-corrected chi connectivity index (χ3v) is 3.45. The summed E-state index contributed by atoms with van der Waals surface area (Å²) < 4.78 is 0. The normalized spacial score (nSPS) is 10.7. The molecule has 0 aromatic heterocycles. The Morgan fingerprint density at radius 2 is 1.76 bits per heavy atom. The first-order chi connectivity index (χ1) is 10.0. The van der Waals surface area contributed by atoms with Gasteiger partial charge in [0.1, 0.15) is 0 Å². The molecule has 0 heterocycles. The Balaban J connectivity index is 2.34. The van der Waals surface area contributed by atoms with E-state index < -0.39 is 0 Å². The Kier molecular flexibility index (Phi) is 7.58. The molecule has 1 aromatic carbocycles. The van der Waals surface area contributed by atoms with Crippen LogP contribution in [0, 0.1) is 16.0 Å². The van der Waals surface area contributed by atoms with Gasteiger partial charge in [0.15, 0.2) is 0 Å². The summed E-state index contributed by atoms with van der Waals surface area (Å²) >= 11 is 0. The van der Waals surface area contributed by atoms with Crippen LogP contribution in [0.3, 0.4) is 0 Å². The average Bonchev–Trinajstić information content (AvgIpc) is 2.45. The maximum Gasteiger partial charge on any atom is 0.273 e. The van der Waals surface area contributed by atoms with Crippen molar-refractivity contribution in [2.45, 2.75) is 46.0 Å². The van der Waals surface area contributed by atoms with Crippen LogP contribution in [-0.2, 0) is 0 Å². The van der Waals surface area contributed by atoms with Gasteiger partial charge in [0, 0.05) is 37.1 Å². The first kappa shape index (κ1) is 17.3. The van der Waals surface area contributed by atoms with Crippen molar-refractivity contribution < 1.29 is 4.92 Å². The molecule has 118 valence electrons. The summed E-state index contributed by atoms with van der Waals surface area (Å²) in [5, 5.41) is 17.1. The number of hydrogen-bond acceptors (Lipinski definition) is 4. The Morgan fingerprint density at radius 3 is 2.38 bits per heavy atom. The van der Waals surface area contributed by atoms with E-state index in [0.29, 0.717) is 0 Å². The lowest BCUT2D eigenvalue weighted by molar-refractivity contribution is -0.384. The van der Waals surface area contributed by atoms with Gasteiger partial charge in [-0.05, 0) is 18.4 Å². The standard InChI is InChI=1S/C16H27N3O2/c1-13(2)8-6-4-5-7-9-18-15-10-14(17-3)11-16(12-15)19(20)21/h10-13,17-18H,4-9H2,1-3H3. The summed E-state index contributed by atoms with van der Waals surface area (Å²) in [6, 6.07) is 5.02. The summed E-state index contributed by atoms with van der Waals surface area (Å²) in [5.41, 5.74) is 1.67. The van der Waals surface area contributed by atoms with Crippen molar-refractivity contribution >= 4 is 17.1 Å². The number of benzene rings is 1. The highest BCUT2D eigenvalue weighted by Gasteiger charge is 2.08. The van der Waals surface area contributed by atoms with Gasteiger partial charge in [0.05, 0.1) is 4.92 Å². The Morgan fingerprint density at radius 1 is 1.10 bits per heavy atom. The van der Waals surface area contributed by atoms with Crippen molar-refractivity contribution in [2.24, 2.45) is 5.92 Å². The van der Waals surface area contributed by atoms with Crippen LogP contribution in [0.4, 0.5) is 17.1 Å². The van der Waals surface area contributed by atoms with Crippen molar-refractivity contribution in [3.8, 4) is 0 Å². The Labute approximate surface area is 127 Å². The number of anilines is 2. The molecule has 0 amide bonds. The van der Waals surface area contributed by atoms with Crippen LogP contribution in [0.2, 0.25) is 0 Å². The van der Waals surface area contributed by atoms with Crippen molar-refractivity contribution in [1.82, 2.24) is 0 Å². The third kappa shape index (κ3) is 6.97. The van der Waals surface area contributed by atoms with Gasteiger partial charge in [-0.3, -0.25) is 10.1 Å².